The monoisotopic (exact) mass is 324 g/mol. The summed E-state index contributed by atoms with van der Waals surface area (Å²) in [6.45, 7) is 5.72. The highest BCUT2D eigenvalue weighted by molar-refractivity contribution is 6.02. The van der Waals surface area contributed by atoms with E-state index in [0.29, 0.717) is 5.56 Å². The smallest absolute Gasteiger partial charge is 0.337 e. The summed E-state index contributed by atoms with van der Waals surface area (Å²) >= 11 is 0. The van der Waals surface area contributed by atoms with Gasteiger partial charge in [0.05, 0.1) is 24.1 Å². The van der Waals surface area contributed by atoms with Gasteiger partial charge in [0.2, 0.25) is 5.91 Å². The second-order valence-corrected chi connectivity index (χ2v) is 5.48. The van der Waals surface area contributed by atoms with Crippen molar-refractivity contribution in [3.63, 3.8) is 0 Å². The van der Waals surface area contributed by atoms with E-state index in [1.54, 1.807) is 30.3 Å². The standard InChI is InChI=1S/C19H20N2O3/c1-12-11-13(2)20-14(3)18(12)21-17(22)10-7-15-5-8-16(9-6-15)19(23)24-4/h5-11H,1-4H3,(H,21,22)/b10-7+. The number of hydrogen-bond donors (Lipinski definition) is 1. The third-order valence-corrected chi connectivity index (χ3v) is 3.53. The van der Waals surface area contributed by atoms with Crippen molar-refractivity contribution in [2.45, 2.75) is 20.8 Å². The van der Waals surface area contributed by atoms with Crippen LogP contribution < -0.4 is 5.32 Å². The Bertz CT molecular complexity index is 770. The molecule has 0 aliphatic heterocycles. The van der Waals surface area contributed by atoms with E-state index in [0.717, 1.165) is 28.2 Å². The number of hydrogen-bond acceptors (Lipinski definition) is 4. The lowest BCUT2D eigenvalue weighted by atomic mass is 10.1. The van der Waals surface area contributed by atoms with Crippen molar-refractivity contribution in [3.05, 3.63) is 64.5 Å². The molecule has 5 heteroatoms. The van der Waals surface area contributed by atoms with Crippen LogP contribution in [0, 0.1) is 20.8 Å². The third kappa shape index (κ3) is 4.29. The van der Waals surface area contributed by atoms with Crippen LogP contribution in [-0.2, 0) is 9.53 Å². The molecule has 0 spiro atoms. The highest BCUT2D eigenvalue weighted by Gasteiger charge is 2.07. The Balaban J connectivity index is 2.07. The number of carbonyl (C=O) groups excluding carboxylic acids is 2. The maximum Gasteiger partial charge on any atom is 0.337 e. The van der Waals surface area contributed by atoms with E-state index in [2.05, 4.69) is 15.0 Å². The van der Waals surface area contributed by atoms with Crippen molar-refractivity contribution < 1.29 is 14.3 Å². The molecule has 0 fully saturated rings. The predicted octanol–water partition coefficient (Wildman–Crippen LogP) is 3.45. The van der Waals surface area contributed by atoms with Gasteiger partial charge in [-0.1, -0.05) is 12.1 Å². The van der Waals surface area contributed by atoms with Gasteiger partial charge in [0.25, 0.3) is 0 Å². The van der Waals surface area contributed by atoms with Crippen LogP contribution in [0.2, 0.25) is 0 Å². The van der Waals surface area contributed by atoms with Gasteiger partial charge in [-0.25, -0.2) is 4.79 Å². The van der Waals surface area contributed by atoms with Crippen LogP contribution in [0.15, 0.2) is 36.4 Å². The average Bonchev–Trinajstić information content (AvgIpc) is 2.56. The lowest BCUT2D eigenvalue weighted by Gasteiger charge is -2.10. The topological polar surface area (TPSA) is 68.3 Å². The van der Waals surface area contributed by atoms with Crippen molar-refractivity contribution in [2.75, 3.05) is 12.4 Å². The van der Waals surface area contributed by atoms with Crippen molar-refractivity contribution >= 4 is 23.6 Å². The van der Waals surface area contributed by atoms with Gasteiger partial charge in [0, 0.05) is 11.8 Å². The van der Waals surface area contributed by atoms with Gasteiger partial charge in [-0.2, -0.15) is 0 Å². The largest absolute Gasteiger partial charge is 0.465 e. The Morgan fingerprint density at radius 1 is 1.12 bits per heavy atom. The predicted molar refractivity (Wildman–Crippen MR) is 93.9 cm³/mol. The second kappa shape index (κ2) is 7.55. The molecule has 0 radical (unpaired) electrons. The molecule has 5 nitrogen and oxygen atoms in total. The van der Waals surface area contributed by atoms with E-state index in [-0.39, 0.29) is 11.9 Å². The van der Waals surface area contributed by atoms with Gasteiger partial charge in [-0.15, -0.1) is 0 Å². The lowest BCUT2D eigenvalue weighted by molar-refractivity contribution is -0.111. The van der Waals surface area contributed by atoms with Crippen molar-refractivity contribution in [1.82, 2.24) is 4.98 Å². The SMILES string of the molecule is COC(=O)c1ccc(/C=C/C(=O)Nc2c(C)cc(C)nc2C)cc1. The number of pyridine rings is 1. The molecule has 24 heavy (non-hydrogen) atoms. The molecule has 1 aromatic carbocycles. The molecular weight excluding hydrogens is 304 g/mol. The number of carbonyl (C=O) groups is 2. The van der Waals surface area contributed by atoms with E-state index in [1.165, 1.54) is 13.2 Å². The van der Waals surface area contributed by atoms with E-state index in [1.807, 2.05) is 26.8 Å². The highest BCUT2D eigenvalue weighted by Crippen LogP contribution is 2.19. The Morgan fingerprint density at radius 2 is 1.79 bits per heavy atom. The molecule has 0 saturated carbocycles. The fourth-order valence-electron chi connectivity index (χ4n) is 2.40. The zero-order valence-electron chi connectivity index (χ0n) is 14.2. The van der Waals surface area contributed by atoms with E-state index >= 15 is 0 Å². The number of esters is 1. The maximum absolute atomic E-state index is 12.1. The van der Waals surface area contributed by atoms with Crippen LogP contribution >= 0.6 is 0 Å². The second-order valence-electron chi connectivity index (χ2n) is 5.48. The summed E-state index contributed by atoms with van der Waals surface area (Å²) in [7, 11) is 1.34. The maximum atomic E-state index is 12.1. The first kappa shape index (κ1) is 17.4. The van der Waals surface area contributed by atoms with Crippen LogP contribution in [-0.4, -0.2) is 24.0 Å². The first-order chi connectivity index (χ1) is 11.4. The van der Waals surface area contributed by atoms with Crippen LogP contribution in [0.25, 0.3) is 6.08 Å². The molecule has 2 aromatic rings. The molecule has 0 saturated heterocycles. The van der Waals surface area contributed by atoms with Crippen LogP contribution in [0.1, 0.15) is 32.9 Å². The Kier molecular flexibility index (Phi) is 5.47. The van der Waals surface area contributed by atoms with E-state index in [4.69, 9.17) is 0 Å². The minimum Gasteiger partial charge on any atom is -0.465 e. The quantitative estimate of drug-likeness (QED) is 0.691. The number of nitrogens with zero attached hydrogens (tertiary/aromatic N) is 1. The summed E-state index contributed by atoms with van der Waals surface area (Å²) in [5.74, 6) is -0.620. The summed E-state index contributed by atoms with van der Waals surface area (Å²) in [4.78, 5) is 27.8. The molecule has 0 atom stereocenters. The molecule has 124 valence electrons. The highest BCUT2D eigenvalue weighted by atomic mass is 16.5. The number of ether oxygens (including phenoxy) is 1. The summed E-state index contributed by atoms with van der Waals surface area (Å²) in [5.41, 5.74) is 4.70. The van der Waals surface area contributed by atoms with Crippen LogP contribution in [0.4, 0.5) is 5.69 Å². The number of benzene rings is 1. The van der Waals surface area contributed by atoms with E-state index < -0.39 is 0 Å². The van der Waals surface area contributed by atoms with Gasteiger partial charge >= 0.3 is 5.97 Å². The molecular formula is C19H20N2O3. The van der Waals surface area contributed by atoms with Crippen molar-refractivity contribution in [2.24, 2.45) is 0 Å². The molecule has 1 heterocycles. The number of nitrogens with one attached hydrogen (secondary N) is 1. The fourth-order valence-corrected chi connectivity index (χ4v) is 2.40. The summed E-state index contributed by atoms with van der Waals surface area (Å²) in [6, 6.07) is 8.74. The molecule has 0 bridgehead atoms. The molecule has 0 unspecified atom stereocenters. The number of amides is 1. The van der Waals surface area contributed by atoms with E-state index in [9.17, 15) is 9.59 Å². The minimum atomic E-state index is -0.388. The summed E-state index contributed by atoms with van der Waals surface area (Å²) < 4.78 is 4.64. The first-order valence-electron chi connectivity index (χ1n) is 7.53. The van der Waals surface area contributed by atoms with Crippen LogP contribution in [0.5, 0.6) is 0 Å². The lowest BCUT2D eigenvalue weighted by Crippen LogP contribution is -2.11. The number of anilines is 1. The fraction of sp³-hybridized carbons (Fsp3) is 0.211. The third-order valence-electron chi connectivity index (χ3n) is 3.53. The summed E-state index contributed by atoms with van der Waals surface area (Å²) in [6.07, 6.45) is 3.13. The van der Waals surface area contributed by atoms with Gasteiger partial charge in [0.1, 0.15) is 0 Å². The zero-order chi connectivity index (χ0) is 17.7. The molecule has 1 amide bonds. The first-order valence-corrected chi connectivity index (χ1v) is 7.53. The summed E-state index contributed by atoms with van der Waals surface area (Å²) in [5, 5.41) is 2.85. The average molecular weight is 324 g/mol. The van der Waals surface area contributed by atoms with Gasteiger partial charge < -0.3 is 10.1 Å². The van der Waals surface area contributed by atoms with Crippen LogP contribution in [0.3, 0.4) is 0 Å². The Hall–Kier alpha value is -2.95. The molecule has 0 aliphatic carbocycles. The van der Waals surface area contributed by atoms with Gasteiger partial charge in [-0.3, -0.25) is 9.78 Å². The van der Waals surface area contributed by atoms with Gasteiger partial charge in [-0.05, 0) is 56.2 Å². The zero-order valence-corrected chi connectivity index (χ0v) is 14.2. The van der Waals surface area contributed by atoms with Crippen molar-refractivity contribution in [1.29, 1.82) is 0 Å². The number of aryl methyl sites for hydroxylation is 3. The Labute approximate surface area is 141 Å². The van der Waals surface area contributed by atoms with Gasteiger partial charge in [0.15, 0.2) is 0 Å². The molecule has 0 aliphatic rings. The normalized spacial score (nSPS) is 10.7. The molecule has 1 aromatic heterocycles. The number of rotatable bonds is 4. The minimum absolute atomic E-state index is 0.233. The Morgan fingerprint density at radius 3 is 2.38 bits per heavy atom. The number of methoxy groups -OCH3 is 1. The molecule has 2 rings (SSSR count). The molecule has 1 N–H and O–H groups in total. The number of aromatic nitrogens is 1. The van der Waals surface area contributed by atoms with Crippen molar-refractivity contribution in [3.8, 4) is 0 Å².